The highest BCUT2D eigenvalue weighted by atomic mass is 19.3. The Hall–Kier alpha value is -4.62. The Morgan fingerprint density at radius 2 is 1.89 bits per heavy atom. The van der Waals surface area contributed by atoms with Crippen LogP contribution in [-0.2, 0) is 16.3 Å². The normalized spacial score (nSPS) is 19.2. The fourth-order valence-corrected chi connectivity index (χ4v) is 5.05. The van der Waals surface area contributed by atoms with Gasteiger partial charge in [-0.05, 0) is 31.9 Å². The summed E-state index contributed by atoms with van der Waals surface area (Å²) in [6.45, 7) is 4.35. The molecule has 0 radical (unpaired) electrons. The summed E-state index contributed by atoms with van der Waals surface area (Å²) in [5, 5.41) is 18.8. The van der Waals surface area contributed by atoms with E-state index in [1.54, 1.807) is 13.0 Å². The average Bonchev–Trinajstić information content (AvgIpc) is 3.64. The first-order chi connectivity index (χ1) is 18.0. The molecule has 0 aromatic carbocycles. The fraction of sp³-hybridized carbons (Fsp3) is 0.292. The number of aromatic nitrogens is 9. The van der Waals surface area contributed by atoms with E-state index < -0.39 is 23.3 Å². The largest absolute Gasteiger partial charge is 0.340 e. The number of carbonyl (C=O) groups excluding carboxylic acids is 1. The van der Waals surface area contributed by atoms with Crippen molar-refractivity contribution in [2.75, 3.05) is 5.32 Å². The van der Waals surface area contributed by atoms with Crippen molar-refractivity contribution in [2.45, 2.75) is 44.6 Å². The van der Waals surface area contributed by atoms with Gasteiger partial charge in [0, 0.05) is 41.9 Å². The van der Waals surface area contributed by atoms with E-state index in [9.17, 15) is 18.0 Å². The van der Waals surface area contributed by atoms with Gasteiger partial charge in [-0.1, -0.05) is 0 Å². The minimum atomic E-state index is -3.22. The Kier molecular flexibility index (Phi) is 5.12. The molecule has 5 aromatic rings. The van der Waals surface area contributed by atoms with Gasteiger partial charge in [-0.2, -0.15) is 28.5 Å². The summed E-state index contributed by atoms with van der Waals surface area (Å²) < 4.78 is 44.0. The van der Waals surface area contributed by atoms with Crippen LogP contribution >= 0.6 is 0 Å². The molecule has 0 unspecified atom stereocenters. The van der Waals surface area contributed by atoms with Crippen molar-refractivity contribution in [2.24, 2.45) is 0 Å². The molecule has 0 bridgehead atoms. The van der Waals surface area contributed by atoms with Crippen LogP contribution in [0.5, 0.6) is 0 Å². The Labute approximate surface area is 213 Å². The number of nitrogens with zero attached hydrogens (tertiary/aromatic N) is 9. The molecule has 0 fully saturated rings. The summed E-state index contributed by atoms with van der Waals surface area (Å²) in [5.41, 5.74) is 1.87. The van der Waals surface area contributed by atoms with Gasteiger partial charge in [0.05, 0.1) is 42.1 Å². The molecule has 5 heterocycles. The number of fused-ring (bicyclic) bond motifs is 3. The van der Waals surface area contributed by atoms with E-state index in [-0.39, 0.29) is 18.0 Å². The van der Waals surface area contributed by atoms with Crippen LogP contribution in [0.25, 0.3) is 11.5 Å². The summed E-state index contributed by atoms with van der Waals surface area (Å²) in [4.78, 5) is 23.6. The molecule has 1 aliphatic carbocycles. The summed E-state index contributed by atoms with van der Waals surface area (Å²) in [7, 11) is 0. The van der Waals surface area contributed by atoms with Crippen molar-refractivity contribution in [3.05, 3.63) is 77.6 Å². The van der Waals surface area contributed by atoms with Crippen LogP contribution in [0.1, 0.15) is 48.6 Å². The second kappa shape index (κ2) is 8.19. The van der Waals surface area contributed by atoms with E-state index in [0.29, 0.717) is 33.0 Å². The zero-order valence-corrected chi connectivity index (χ0v) is 20.5. The SMILES string of the molecule is Cc1cc(NC(=O)[C@H]2C[C@@](C)(c3cnn(C(C)(F)F)c3)c3c2cnc2cc(F)nn32)cnc1-n1nccn1. The topological polar surface area (TPSA) is 121 Å². The first kappa shape index (κ1) is 23.8. The lowest BCUT2D eigenvalue weighted by Crippen LogP contribution is -2.25. The Morgan fingerprint density at radius 3 is 2.58 bits per heavy atom. The second-order valence-corrected chi connectivity index (χ2v) is 9.58. The Morgan fingerprint density at radius 1 is 1.13 bits per heavy atom. The van der Waals surface area contributed by atoms with Crippen LogP contribution in [0.2, 0.25) is 0 Å². The van der Waals surface area contributed by atoms with Gasteiger partial charge in [-0.25, -0.2) is 19.2 Å². The first-order valence-corrected chi connectivity index (χ1v) is 11.7. The molecule has 14 heteroatoms. The fourth-order valence-electron chi connectivity index (χ4n) is 5.05. The van der Waals surface area contributed by atoms with Crippen molar-refractivity contribution < 1.29 is 18.0 Å². The van der Waals surface area contributed by atoms with E-state index >= 15 is 0 Å². The lowest BCUT2D eigenvalue weighted by Gasteiger charge is -2.24. The van der Waals surface area contributed by atoms with Crippen LogP contribution in [0.3, 0.4) is 0 Å². The molecule has 1 aliphatic rings. The van der Waals surface area contributed by atoms with Gasteiger partial charge in [-0.3, -0.25) is 4.79 Å². The van der Waals surface area contributed by atoms with Crippen molar-refractivity contribution in [1.82, 2.24) is 44.4 Å². The third-order valence-corrected chi connectivity index (χ3v) is 6.86. The van der Waals surface area contributed by atoms with E-state index in [0.717, 1.165) is 12.5 Å². The highest BCUT2D eigenvalue weighted by molar-refractivity contribution is 5.97. The van der Waals surface area contributed by atoms with Gasteiger partial charge in [0.15, 0.2) is 11.5 Å². The molecular weight excluding hydrogens is 501 g/mol. The summed E-state index contributed by atoms with van der Waals surface area (Å²) in [6.07, 6.45) is 8.85. The van der Waals surface area contributed by atoms with E-state index in [4.69, 9.17) is 0 Å². The van der Waals surface area contributed by atoms with E-state index in [1.807, 2.05) is 6.92 Å². The van der Waals surface area contributed by atoms with Gasteiger partial charge in [0.25, 0.3) is 0 Å². The number of aryl methyl sites for hydroxylation is 1. The van der Waals surface area contributed by atoms with Crippen LogP contribution in [0.4, 0.5) is 18.9 Å². The molecule has 1 amide bonds. The smallest absolute Gasteiger partial charge is 0.324 e. The number of amides is 1. The summed E-state index contributed by atoms with van der Waals surface area (Å²) >= 11 is 0. The van der Waals surface area contributed by atoms with E-state index in [2.05, 4.69) is 35.7 Å². The monoisotopic (exact) mass is 522 g/mol. The van der Waals surface area contributed by atoms with Crippen molar-refractivity contribution in [3.8, 4) is 5.82 Å². The Bertz CT molecular complexity index is 1690. The quantitative estimate of drug-likeness (QED) is 0.376. The van der Waals surface area contributed by atoms with E-state index in [1.165, 1.54) is 52.6 Å². The number of hydrogen-bond donors (Lipinski definition) is 1. The maximum atomic E-state index is 14.1. The summed E-state index contributed by atoms with van der Waals surface area (Å²) in [5.74, 6) is -1.32. The number of carbonyl (C=O) groups is 1. The minimum Gasteiger partial charge on any atom is -0.324 e. The lowest BCUT2D eigenvalue weighted by atomic mass is 9.80. The standard InChI is InChI=1S/C24H21F3N10O/c1-13-6-15(10-29-21(13)37-30-4-5-31-37)33-22(38)16-8-23(2,14-9-32-35(12-14)24(3,26)27)20-17(16)11-28-19-7-18(25)34-36(19)20/h4-7,9-12,16H,8H2,1-3H3,(H,33,38)/t16-,23-/m0/s1. The zero-order valence-electron chi connectivity index (χ0n) is 20.5. The first-order valence-electron chi connectivity index (χ1n) is 11.7. The maximum absolute atomic E-state index is 14.1. The number of rotatable bonds is 5. The third-order valence-electron chi connectivity index (χ3n) is 6.86. The minimum absolute atomic E-state index is 0.194. The molecule has 1 N–H and O–H groups in total. The average molecular weight is 522 g/mol. The van der Waals surface area contributed by atoms with Gasteiger partial charge < -0.3 is 5.32 Å². The molecule has 194 valence electrons. The number of anilines is 1. The third kappa shape index (κ3) is 3.71. The molecule has 11 nitrogen and oxygen atoms in total. The second-order valence-electron chi connectivity index (χ2n) is 9.58. The molecule has 2 atom stereocenters. The van der Waals surface area contributed by atoms with Gasteiger partial charge in [0.1, 0.15) is 0 Å². The highest BCUT2D eigenvalue weighted by Gasteiger charge is 2.48. The van der Waals surface area contributed by atoms with Crippen LogP contribution in [0, 0.1) is 12.9 Å². The summed E-state index contributed by atoms with van der Waals surface area (Å²) in [6, 6.07) is -0.306. The highest BCUT2D eigenvalue weighted by Crippen LogP contribution is 2.50. The maximum Gasteiger partial charge on any atom is 0.340 e. The van der Waals surface area contributed by atoms with Crippen molar-refractivity contribution in [1.29, 1.82) is 0 Å². The van der Waals surface area contributed by atoms with Gasteiger partial charge in [0.2, 0.25) is 11.9 Å². The zero-order chi connectivity index (χ0) is 26.8. The number of nitrogens with one attached hydrogen (secondary N) is 1. The van der Waals surface area contributed by atoms with Crippen LogP contribution in [-0.4, -0.2) is 50.3 Å². The number of alkyl halides is 2. The number of pyridine rings is 1. The van der Waals surface area contributed by atoms with Gasteiger partial charge >= 0.3 is 6.05 Å². The van der Waals surface area contributed by atoms with Gasteiger partial charge in [-0.15, -0.1) is 9.90 Å². The molecule has 5 aromatic heterocycles. The number of hydrogen-bond acceptors (Lipinski definition) is 7. The van der Waals surface area contributed by atoms with Crippen LogP contribution < -0.4 is 5.32 Å². The molecule has 0 spiro atoms. The molecule has 0 saturated heterocycles. The lowest BCUT2D eigenvalue weighted by molar-refractivity contribution is -0.117. The molecule has 0 saturated carbocycles. The molecular formula is C24H21F3N10O. The molecule has 0 aliphatic heterocycles. The predicted octanol–water partition coefficient (Wildman–Crippen LogP) is 3.35. The predicted molar refractivity (Wildman–Crippen MR) is 127 cm³/mol. The Balaban J connectivity index is 1.39. The molecule has 6 rings (SSSR count). The van der Waals surface area contributed by atoms with Crippen molar-refractivity contribution >= 4 is 17.2 Å². The number of halogens is 3. The van der Waals surface area contributed by atoms with Crippen molar-refractivity contribution in [3.63, 3.8) is 0 Å². The van der Waals surface area contributed by atoms with Crippen LogP contribution in [0.15, 0.2) is 49.3 Å². The molecule has 38 heavy (non-hydrogen) atoms.